The minimum atomic E-state index is -0.594. The lowest BCUT2D eigenvalue weighted by atomic mass is 10.1. The molecule has 0 unspecified atom stereocenters. The third-order valence-corrected chi connectivity index (χ3v) is 1.99. The lowest BCUT2D eigenvalue weighted by Crippen LogP contribution is -2.11. The molecule has 0 radical (unpaired) electrons. The monoisotopic (exact) mass is 227 g/mol. The molecule has 0 saturated heterocycles. The van der Waals surface area contributed by atoms with Crippen LogP contribution < -0.4 is 10.5 Å². The van der Waals surface area contributed by atoms with Crippen LogP contribution >= 0.6 is 0 Å². The SMILES string of the molecule is COc1cccc(N)c1C(=O)OCCCF. The minimum Gasteiger partial charge on any atom is -0.496 e. The molecule has 0 amide bonds. The second-order valence-electron chi connectivity index (χ2n) is 3.10. The number of nitrogens with two attached hydrogens (primary N) is 1. The van der Waals surface area contributed by atoms with Gasteiger partial charge < -0.3 is 15.2 Å². The van der Waals surface area contributed by atoms with Crippen molar-refractivity contribution in [3.63, 3.8) is 0 Å². The van der Waals surface area contributed by atoms with Crippen LogP contribution in [0.1, 0.15) is 16.8 Å². The Hall–Kier alpha value is -1.78. The highest BCUT2D eigenvalue weighted by Crippen LogP contribution is 2.24. The molecule has 0 aliphatic rings. The second-order valence-corrected chi connectivity index (χ2v) is 3.10. The van der Waals surface area contributed by atoms with Crippen molar-refractivity contribution in [2.24, 2.45) is 0 Å². The number of esters is 1. The summed E-state index contributed by atoms with van der Waals surface area (Å²) >= 11 is 0. The molecule has 0 aliphatic carbocycles. The zero-order valence-corrected chi connectivity index (χ0v) is 9.03. The first-order chi connectivity index (χ1) is 7.70. The van der Waals surface area contributed by atoms with Crippen LogP contribution in [0.2, 0.25) is 0 Å². The zero-order chi connectivity index (χ0) is 12.0. The van der Waals surface area contributed by atoms with E-state index in [0.717, 1.165) is 0 Å². The Bertz CT molecular complexity index is 368. The van der Waals surface area contributed by atoms with E-state index in [-0.39, 0.29) is 24.3 Å². The smallest absolute Gasteiger partial charge is 0.344 e. The number of ether oxygens (including phenoxy) is 2. The molecule has 0 fully saturated rings. The number of carbonyl (C=O) groups is 1. The van der Waals surface area contributed by atoms with Gasteiger partial charge in [-0.2, -0.15) is 0 Å². The summed E-state index contributed by atoms with van der Waals surface area (Å²) in [7, 11) is 1.44. The number of hydrogen-bond acceptors (Lipinski definition) is 4. The van der Waals surface area contributed by atoms with Gasteiger partial charge >= 0.3 is 5.97 Å². The van der Waals surface area contributed by atoms with Gasteiger partial charge in [0, 0.05) is 12.1 Å². The van der Waals surface area contributed by atoms with Gasteiger partial charge in [-0.15, -0.1) is 0 Å². The first-order valence-corrected chi connectivity index (χ1v) is 4.86. The summed E-state index contributed by atoms with van der Waals surface area (Å²) in [4.78, 5) is 11.6. The quantitative estimate of drug-likeness (QED) is 0.473. The van der Waals surface area contributed by atoms with Crippen LogP contribution in [0.5, 0.6) is 5.75 Å². The predicted octanol–water partition coefficient (Wildman–Crippen LogP) is 1.79. The van der Waals surface area contributed by atoms with E-state index in [0.29, 0.717) is 5.75 Å². The van der Waals surface area contributed by atoms with E-state index in [4.69, 9.17) is 15.2 Å². The molecule has 0 bridgehead atoms. The van der Waals surface area contributed by atoms with Crippen LogP contribution in [0.3, 0.4) is 0 Å². The number of carbonyl (C=O) groups excluding carboxylic acids is 1. The van der Waals surface area contributed by atoms with Crippen LogP contribution in [-0.4, -0.2) is 26.4 Å². The Morgan fingerprint density at radius 3 is 2.88 bits per heavy atom. The van der Waals surface area contributed by atoms with Gasteiger partial charge in [-0.1, -0.05) is 6.07 Å². The number of benzene rings is 1. The third kappa shape index (κ3) is 2.85. The van der Waals surface area contributed by atoms with Gasteiger partial charge in [0.1, 0.15) is 11.3 Å². The Kier molecular flexibility index (Phi) is 4.57. The van der Waals surface area contributed by atoms with Crippen molar-refractivity contribution in [1.29, 1.82) is 0 Å². The molecule has 0 spiro atoms. The van der Waals surface area contributed by atoms with Gasteiger partial charge in [0.15, 0.2) is 0 Å². The summed E-state index contributed by atoms with van der Waals surface area (Å²) in [5, 5.41) is 0. The van der Waals surface area contributed by atoms with E-state index < -0.39 is 12.6 Å². The molecule has 0 heterocycles. The van der Waals surface area contributed by atoms with Crippen molar-refractivity contribution in [3.8, 4) is 5.75 Å². The maximum Gasteiger partial charge on any atom is 0.344 e. The number of nitrogen functional groups attached to an aromatic ring is 1. The van der Waals surface area contributed by atoms with E-state index in [1.807, 2.05) is 0 Å². The maximum absolute atomic E-state index is 11.8. The van der Waals surface area contributed by atoms with Crippen molar-refractivity contribution in [2.75, 3.05) is 26.1 Å². The average Bonchev–Trinajstić information content (AvgIpc) is 2.28. The lowest BCUT2D eigenvalue weighted by Gasteiger charge is -2.10. The molecular formula is C11H14FNO3. The van der Waals surface area contributed by atoms with E-state index >= 15 is 0 Å². The molecule has 16 heavy (non-hydrogen) atoms. The zero-order valence-electron chi connectivity index (χ0n) is 9.03. The molecule has 0 atom stereocenters. The number of rotatable bonds is 5. The van der Waals surface area contributed by atoms with Crippen molar-refractivity contribution in [2.45, 2.75) is 6.42 Å². The molecule has 88 valence electrons. The molecule has 0 saturated carbocycles. The standard InChI is InChI=1S/C11H14FNO3/c1-15-9-5-2-4-8(13)10(9)11(14)16-7-3-6-12/h2,4-5H,3,6-7,13H2,1H3. The second kappa shape index (κ2) is 5.95. The fourth-order valence-corrected chi connectivity index (χ4v) is 1.23. The van der Waals surface area contributed by atoms with Crippen LogP contribution in [0.4, 0.5) is 10.1 Å². The van der Waals surface area contributed by atoms with Crippen LogP contribution in [-0.2, 0) is 4.74 Å². The summed E-state index contributed by atoms with van der Waals surface area (Å²) in [5.74, 6) is -0.242. The number of anilines is 1. The molecule has 1 rings (SSSR count). The van der Waals surface area contributed by atoms with Crippen LogP contribution in [0, 0.1) is 0 Å². The number of alkyl halides is 1. The van der Waals surface area contributed by atoms with E-state index in [9.17, 15) is 9.18 Å². The Morgan fingerprint density at radius 2 is 2.25 bits per heavy atom. The Morgan fingerprint density at radius 1 is 1.50 bits per heavy atom. The normalized spacial score (nSPS) is 9.88. The minimum absolute atomic E-state index is 0.0345. The first kappa shape index (κ1) is 12.3. The van der Waals surface area contributed by atoms with Crippen molar-refractivity contribution in [3.05, 3.63) is 23.8 Å². The van der Waals surface area contributed by atoms with Gasteiger partial charge in [0.25, 0.3) is 0 Å². The highest BCUT2D eigenvalue weighted by molar-refractivity contribution is 5.98. The average molecular weight is 227 g/mol. The van der Waals surface area contributed by atoms with Gasteiger partial charge in [-0.05, 0) is 12.1 Å². The first-order valence-electron chi connectivity index (χ1n) is 4.86. The van der Waals surface area contributed by atoms with E-state index in [2.05, 4.69) is 0 Å². The van der Waals surface area contributed by atoms with Gasteiger partial charge in [0.2, 0.25) is 0 Å². The lowest BCUT2D eigenvalue weighted by molar-refractivity contribution is 0.0492. The number of halogens is 1. The van der Waals surface area contributed by atoms with Crippen molar-refractivity contribution in [1.82, 2.24) is 0 Å². The fraction of sp³-hybridized carbons (Fsp3) is 0.364. The fourth-order valence-electron chi connectivity index (χ4n) is 1.23. The molecule has 1 aromatic rings. The Labute approximate surface area is 93.2 Å². The van der Waals surface area contributed by atoms with E-state index in [1.165, 1.54) is 7.11 Å². The van der Waals surface area contributed by atoms with Crippen molar-refractivity contribution < 1.29 is 18.7 Å². The van der Waals surface area contributed by atoms with Crippen LogP contribution in [0.15, 0.2) is 18.2 Å². The van der Waals surface area contributed by atoms with Gasteiger partial charge in [-0.25, -0.2) is 4.79 Å². The Balaban J connectivity index is 2.81. The molecule has 0 aromatic heterocycles. The van der Waals surface area contributed by atoms with Gasteiger partial charge in [-0.3, -0.25) is 4.39 Å². The molecule has 5 heteroatoms. The molecule has 0 aliphatic heterocycles. The van der Waals surface area contributed by atoms with Gasteiger partial charge in [0.05, 0.1) is 20.4 Å². The maximum atomic E-state index is 11.8. The summed E-state index contributed by atoms with van der Waals surface area (Å²) < 4.78 is 21.7. The molecular weight excluding hydrogens is 213 g/mol. The third-order valence-electron chi connectivity index (χ3n) is 1.99. The summed E-state index contributed by atoms with van der Waals surface area (Å²) in [6.45, 7) is -0.485. The van der Waals surface area contributed by atoms with E-state index in [1.54, 1.807) is 18.2 Å². The molecule has 4 nitrogen and oxygen atoms in total. The highest BCUT2D eigenvalue weighted by atomic mass is 19.1. The summed E-state index contributed by atoms with van der Waals surface area (Å²) in [5.41, 5.74) is 6.11. The number of hydrogen-bond donors (Lipinski definition) is 1. The topological polar surface area (TPSA) is 61.5 Å². The largest absolute Gasteiger partial charge is 0.496 e. The van der Waals surface area contributed by atoms with Crippen LogP contribution in [0.25, 0.3) is 0 Å². The summed E-state index contributed by atoms with van der Waals surface area (Å²) in [6, 6.07) is 4.86. The van der Waals surface area contributed by atoms with Crippen molar-refractivity contribution >= 4 is 11.7 Å². The number of methoxy groups -OCH3 is 1. The summed E-state index contributed by atoms with van der Waals surface area (Å²) in [6.07, 6.45) is 0.181. The predicted molar refractivity (Wildman–Crippen MR) is 58.3 cm³/mol. The molecule has 2 N–H and O–H groups in total. The highest BCUT2D eigenvalue weighted by Gasteiger charge is 2.16. The molecule has 1 aromatic carbocycles.